The number of amides is 1. The van der Waals surface area contributed by atoms with Gasteiger partial charge in [0.25, 0.3) is 5.91 Å². The minimum Gasteiger partial charge on any atom is -0.437 e. The van der Waals surface area contributed by atoms with Crippen LogP contribution < -0.4 is 15.4 Å². The van der Waals surface area contributed by atoms with E-state index < -0.39 is 23.5 Å². The van der Waals surface area contributed by atoms with Crippen molar-refractivity contribution in [2.24, 2.45) is 0 Å². The molecule has 2 N–H and O–H groups in total. The summed E-state index contributed by atoms with van der Waals surface area (Å²) in [4.78, 5) is 19.7. The van der Waals surface area contributed by atoms with Gasteiger partial charge in [0.2, 0.25) is 11.8 Å². The van der Waals surface area contributed by atoms with E-state index >= 15 is 0 Å². The van der Waals surface area contributed by atoms with Crippen molar-refractivity contribution >= 4 is 17.5 Å². The van der Waals surface area contributed by atoms with Crippen LogP contribution in [0.5, 0.6) is 11.6 Å². The van der Waals surface area contributed by atoms with E-state index in [2.05, 4.69) is 20.6 Å². The molecule has 3 rings (SSSR count). The van der Waals surface area contributed by atoms with Gasteiger partial charge in [0, 0.05) is 18.9 Å². The number of nitrogens with zero attached hydrogens (tertiary/aromatic N) is 2. The van der Waals surface area contributed by atoms with Crippen LogP contribution in [0.3, 0.4) is 0 Å². The number of carbonyl (C=O) groups is 1. The van der Waals surface area contributed by atoms with Crippen molar-refractivity contribution in [2.75, 3.05) is 12.4 Å². The number of aryl methyl sites for hydroxylation is 2. The van der Waals surface area contributed by atoms with Crippen LogP contribution in [-0.2, 0) is 6.18 Å². The van der Waals surface area contributed by atoms with Crippen LogP contribution >= 0.6 is 0 Å². The Balaban J connectivity index is 2.00. The molecule has 0 saturated carbocycles. The predicted octanol–water partition coefficient (Wildman–Crippen LogP) is 5.01. The van der Waals surface area contributed by atoms with Crippen LogP contribution in [0.15, 0.2) is 48.7 Å². The van der Waals surface area contributed by atoms with Crippen molar-refractivity contribution in [2.45, 2.75) is 20.0 Å². The Hall–Kier alpha value is -3.62. The average Bonchev–Trinajstić information content (AvgIpc) is 2.70. The van der Waals surface area contributed by atoms with Gasteiger partial charge in [-0.1, -0.05) is 18.2 Å². The Morgan fingerprint density at radius 1 is 1.07 bits per heavy atom. The molecule has 0 unspecified atom stereocenters. The van der Waals surface area contributed by atoms with Gasteiger partial charge >= 0.3 is 6.18 Å². The SMILES string of the molecule is CNC(=O)c1ccccc1Oc1nc(Nc2ccc(C)c(C)c2)ncc1C(F)(F)F. The first kappa shape index (κ1) is 21.1. The highest BCUT2D eigenvalue weighted by molar-refractivity contribution is 5.96. The second-order valence-corrected chi connectivity index (χ2v) is 6.51. The van der Waals surface area contributed by atoms with E-state index in [9.17, 15) is 18.0 Å². The molecule has 2 aromatic carbocycles. The monoisotopic (exact) mass is 416 g/mol. The van der Waals surface area contributed by atoms with Crippen molar-refractivity contribution < 1.29 is 22.7 Å². The average molecular weight is 416 g/mol. The maximum atomic E-state index is 13.5. The molecular weight excluding hydrogens is 397 g/mol. The molecular formula is C21H19F3N4O2. The highest BCUT2D eigenvalue weighted by Gasteiger charge is 2.36. The van der Waals surface area contributed by atoms with Crippen molar-refractivity contribution in [3.05, 3.63) is 70.9 Å². The molecule has 0 aliphatic carbocycles. The largest absolute Gasteiger partial charge is 0.437 e. The topological polar surface area (TPSA) is 76.1 Å². The molecule has 156 valence electrons. The zero-order chi connectivity index (χ0) is 21.9. The number of rotatable bonds is 5. The summed E-state index contributed by atoms with van der Waals surface area (Å²) >= 11 is 0. The fourth-order valence-electron chi connectivity index (χ4n) is 2.63. The summed E-state index contributed by atoms with van der Waals surface area (Å²) in [6.45, 7) is 3.86. The van der Waals surface area contributed by atoms with E-state index in [1.54, 1.807) is 18.2 Å². The van der Waals surface area contributed by atoms with E-state index in [-0.39, 0.29) is 17.3 Å². The number of nitrogens with one attached hydrogen (secondary N) is 2. The van der Waals surface area contributed by atoms with E-state index in [1.807, 2.05) is 26.0 Å². The third-order valence-electron chi connectivity index (χ3n) is 4.39. The van der Waals surface area contributed by atoms with E-state index in [0.717, 1.165) is 11.1 Å². The van der Waals surface area contributed by atoms with Crippen molar-refractivity contribution in [1.82, 2.24) is 15.3 Å². The number of benzene rings is 2. The number of hydrogen-bond donors (Lipinski definition) is 2. The minimum atomic E-state index is -4.74. The number of carbonyl (C=O) groups excluding carboxylic acids is 1. The van der Waals surface area contributed by atoms with Gasteiger partial charge in [-0.05, 0) is 49.2 Å². The molecule has 1 aromatic heterocycles. The standard InChI is InChI=1S/C21H19F3N4O2/c1-12-8-9-14(10-13(12)2)27-20-26-11-16(21(22,23)24)19(28-20)30-17-7-5-4-6-15(17)18(29)25-3/h4-11H,1-3H3,(H,25,29)(H,26,27,28). The number of para-hydroxylation sites is 1. The Bertz CT molecular complexity index is 1080. The molecule has 6 nitrogen and oxygen atoms in total. The van der Waals surface area contributed by atoms with Crippen LogP contribution in [0, 0.1) is 13.8 Å². The smallest absolute Gasteiger partial charge is 0.423 e. The molecule has 0 aliphatic rings. The zero-order valence-electron chi connectivity index (χ0n) is 16.5. The summed E-state index contributed by atoms with van der Waals surface area (Å²) in [5.74, 6) is -1.33. The van der Waals surface area contributed by atoms with Crippen molar-refractivity contribution in [3.8, 4) is 11.6 Å². The number of ether oxygens (including phenoxy) is 1. The fraction of sp³-hybridized carbons (Fsp3) is 0.190. The normalized spacial score (nSPS) is 11.1. The van der Waals surface area contributed by atoms with Gasteiger partial charge in [0.05, 0.1) is 5.56 Å². The summed E-state index contributed by atoms with van der Waals surface area (Å²) in [5.41, 5.74) is 1.62. The zero-order valence-corrected chi connectivity index (χ0v) is 16.5. The molecule has 0 fully saturated rings. The molecule has 1 heterocycles. The second-order valence-electron chi connectivity index (χ2n) is 6.51. The molecule has 0 bridgehead atoms. The highest BCUT2D eigenvalue weighted by atomic mass is 19.4. The van der Waals surface area contributed by atoms with Gasteiger partial charge in [0.1, 0.15) is 11.3 Å². The van der Waals surface area contributed by atoms with Crippen LogP contribution in [0.4, 0.5) is 24.8 Å². The fourth-order valence-corrected chi connectivity index (χ4v) is 2.63. The summed E-state index contributed by atoms with van der Waals surface area (Å²) < 4.78 is 45.9. The van der Waals surface area contributed by atoms with Crippen molar-refractivity contribution in [3.63, 3.8) is 0 Å². The molecule has 0 aliphatic heterocycles. The lowest BCUT2D eigenvalue weighted by atomic mass is 10.1. The lowest BCUT2D eigenvalue weighted by Crippen LogP contribution is -2.19. The molecule has 0 atom stereocenters. The second kappa shape index (κ2) is 8.40. The molecule has 30 heavy (non-hydrogen) atoms. The maximum Gasteiger partial charge on any atom is 0.423 e. The van der Waals surface area contributed by atoms with Crippen molar-refractivity contribution in [1.29, 1.82) is 0 Å². The Morgan fingerprint density at radius 2 is 1.80 bits per heavy atom. The molecule has 0 spiro atoms. The number of aromatic nitrogens is 2. The molecule has 0 saturated heterocycles. The van der Waals surface area contributed by atoms with Crippen LogP contribution in [0.25, 0.3) is 0 Å². The Morgan fingerprint density at radius 3 is 2.47 bits per heavy atom. The lowest BCUT2D eigenvalue weighted by molar-refractivity contribution is -0.139. The van der Waals surface area contributed by atoms with Crippen LogP contribution in [0.1, 0.15) is 27.0 Å². The van der Waals surface area contributed by atoms with Gasteiger partial charge in [-0.3, -0.25) is 4.79 Å². The number of hydrogen-bond acceptors (Lipinski definition) is 5. The first-order chi connectivity index (χ1) is 14.2. The summed E-state index contributed by atoms with van der Waals surface area (Å²) in [7, 11) is 1.41. The Kier molecular flexibility index (Phi) is 5.91. The molecule has 1 amide bonds. The van der Waals surface area contributed by atoms with E-state index in [1.165, 1.54) is 19.2 Å². The van der Waals surface area contributed by atoms with Gasteiger partial charge < -0.3 is 15.4 Å². The first-order valence-electron chi connectivity index (χ1n) is 8.96. The van der Waals surface area contributed by atoms with E-state index in [4.69, 9.17) is 4.74 Å². The number of alkyl halides is 3. The van der Waals surface area contributed by atoms with Gasteiger partial charge in [-0.2, -0.15) is 18.2 Å². The third-order valence-corrected chi connectivity index (χ3v) is 4.39. The molecule has 0 radical (unpaired) electrons. The minimum absolute atomic E-state index is 0.0572. The van der Waals surface area contributed by atoms with Crippen LogP contribution in [-0.4, -0.2) is 22.9 Å². The summed E-state index contributed by atoms with van der Waals surface area (Å²) in [5, 5.41) is 5.30. The van der Waals surface area contributed by atoms with Gasteiger partial charge in [-0.15, -0.1) is 0 Å². The summed E-state index contributed by atoms with van der Waals surface area (Å²) in [6, 6.07) is 11.4. The maximum absolute atomic E-state index is 13.5. The van der Waals surface area contributed by atoms with Crippen LogP contribution in [0.2, 0.25) is 0 Å². The molecule has 9 heteroatoms. The lowest BCUT2D eigenvalue weighted by Gasteiger charge is -2.15. The van der Waals surface area contributed by atoms with Gasteiger partial charge in [0.15, 0.2) is 0 Å². The third kappa shape index (κ3) is 4.68. The van der Waals surface area contributed by atoms with E-state index in [0.29, 0.717) is 11.9 Å². The molecule has 3 aromatic rings. The Labute approximate surface area is 171 Å². The van der Waals surface area contributed by atoms with Gasteiger partial charge in [-0.25, -0.2) is 4.98 Å². The highest BCUT2D eigenvalue weighted by Crippen LogP contribution is 2.38. The number of anilines is 2. The first-order valence-corrected chi connectivity index (χ1v) is 8.96. The quantitative estimate of drug-likeness (QED) is 0.612. The predicted molar refractivity (Wildman–Crippen MR) is 106 cm³/mol. The summed E-state index contributed by atoms with van der Waals surface area (Å²) in [6.07, 6.45) is -4.09. The number of halogens is 3.